The van der Waals surface area contributed by atoms with Gasteiger partial charge in [0.2, 0.25) is 0 Å². The monoisotopic (exact) mass is 224 g/mol. The Bertz CT molecular complexity index is 153. The smallest absolute Gasteiger partial charge is 0.481 e. The molecule has 5 heteroatoms. The van der Waals surface area contributed by atoms with Crippen LogP contribution in [-0.4, -0.2) is 22.2 Å². The molecular weight excluding hydrogens is 203 g/mol. The van der Waals surface area contributed by atoms with Gasteiger partial charge in [-0.2, -0.15) is 6.42 Å². The van der Waals surface area contributed by atoms with E-state index in [1.165, 1.54) is 32.1 Å². The molecule has 0 fully saturated rings. The molecule has 0 bridgehead atoms. The minimum atomic E-state index is -1.31. The Morgan fingerprint density at radius 2 is 1.44 bits per heavy atom. The number of aliphatic carboxylic acids is 2. The number of carbonyl (C=O) groups is 2. The molecule has 0 amide bonds. The van der Waals surface area contributed by atoms with E-state index in [4.69, 9.17) is 10.2 Å². The fourth-order valence-electron chi connectivity index (χ4n) is 0.910. The summed E-state index contributed by atoms with van der Waals surface area (Å²) in [4.78, 5) is 18.9. The maximum absolute atomic E-state index is 9.43. The SMILES string of the molecule is O=C(O)CC(=O)O.[CH2-]CCCCCCC.[Li+]. The third-order valence-corrected chi connectivity index (χ3v) is 1.66. The predicted molar refractivity (Wildman–Crippen MR) is 58.6 cm³/mol. The number of carboxylic acid groups (broad SMARTS) is 2. The Morgan fingerprint density at radius 1 is 1.00 bits per heavy atom. The second-order valence-corrected chi connectivity index (χ2v) is 3.23. The van der Waals surface area contributed by atoms with Crippen molar-refractivity contribution in [1.82, 2.24) is 0 Å². The van der Waals surface area contributed by atoms with Crippen LogP contribution in [0.2, 0.25) is 0 Å². The third-order valence-electron chi connectivity index (χ3n) is 1.66. The van der Waals surface area contributed by atoms with Crippen molar-refractivity contribution < 1.29 is 38.7 Å². The Balaban J connectivity index is -0.000000200. The van der Waals surface area contributed by atoms with E-state index in [0.29, 0.717) is 0 Å². The molecule has 0 rings (SSSR count). The summed E-state index contributed by atoms with van der Waals surface area (Å²) in [5.74, 6) is -2.62. The second kappa shape index (κ2) is 16.9. The molecule has 0 saturated heterocycles. The predicted octanol–water partition coefficient (Wildman–Crippen LogP) is -0.269. The van der Waals surface area contributed by atoms with Crippen molar-refractivity contribution in [3.05, 3.63) is 6.92 Å². The van der Waals surface area contributed by atoms with Crippen molar-refractivity contribution in [3.8, 4) is 0 Å². The standard InChI is InChI=1S/C8H17.C3H4O4.Li/c1-3-5-7-8-6-4-2;4-2(5)1-3(6)7;/h1,3-8H2,2H3;1H2,(H,4,5)(H,6,7);/q-1;;+1. The van der Waals surface area contributed by atoms with Gasteiger partial charge < -0.3 is 17.1 Å². The van der Waals surface area contributed by atoms with Gasteiger partial charge in [-0.25, -0.2) is 0 Å². The number of rotatable bonds is 7. The molecular formula is C11H21LiO4. The minimum absolute atomic E-state index is 0. The van der Waals surface area contributed by atoms with Gasteiger partial charge in [-0.15, -0.1) is 0 Å². The Hall–Kier alpha value is -0.463. The number of carboxylic acids is 2. The van der Waals surface area contributed by atoms with Gasteiger partial charge in [-0.1, -0.05) is 39.0 Å². The van der Waals surface area contributed by atoms with Crippen molar-refractivity contribution >= 4 is 11.9 Å². The van der Waals surface area contributed by atoms with E-state index in [-0.39, 0.29) is 18.9 Å². The summed E-state index contributed by atoms with van der Waals surface area (Å²) < 4.78 is 0. The van der Waals surface area contributed by atoms with E-state index < -0.39 is 18.4 Å². The summed E-state index contributed by atoms with van der Waals surface area (Å²) in [5, 5.41) is 15.4. The van der Waals surface area contributed by atoms with Crippen molar-refractivity contribution in [1.29, 1.82) is 0 Å². The summed E-state index contributed by atoms with van der Waals surface area (Å²) >= 11 is 0. The number of hydrogen-bond donors (Lipinski definition) is 2. The van der Waals surface area contributed by atoms with E-state index >= 15 is 0 Å². The molecule has 4 nitrogen and oxygen atoms in total. The van der Waals surface area contributed by atoms with Crippen LogP contribution in [0.5, 0.6) is 0 Å². The van der Waals surface area contributed by atoms with E-state index in [1.807, 2.05) is 0 Å². The summed E-state index contributed by atoms with van der Waals surface area (Å²) in [6.07, 6.45) is 7.17. The van der Waals surface area contributed by atoms with Gasteiger partial charge in [-0.05, 0) is 0 Å². The molecule has 0 aliphatic rings. The largest absolute Gasteiger partial charge is 1.00 e. The van der Waals surface area contributed by atoms with Crippen molar-refractivity contribution in [2.75, 3.05) is 0 Å². The van der Waals surface area contributed by atoms with Crippen molar-refractivity contribution in [2.45, 2.75) is 51.9 Å². The first kappa shape index (κ1) is 20.9. The first-order valence-corrected chi connectivity index (χ1v) is 5.27. The van der Waals surface area contributed by atoms with Gasteiger partial charge in [0.15, 0.2) is 0 Å². The first-order chi connectivity index (χ1) is 7.04. The average Bonchev–Trinajstić information content (AvgIpc) is 2.11. The molecule has 0 aromatic carbocycles. The van der Waals surface area contributed by atoms with Crippen LogP contribution < -0.4 is 18.9 Å². The molecule has 0 aromatic heterocycles. The Morgan fingerprint density at radius 3 is 1.69 bits per heavy atom. The van der Waals surface area contributed by atoms with Gasteiger partial charge in [0.1, 0.15) is 6.42 Å². The van der Waals surface area contributed by atoms with E-state index in [1.54, 1.807) is 0 Å². The zero-order chi connectivity index (χ0) is 12.1. The normalized spacial score (nSPS) is 8.38. The summed E-state index contributed by atoms with van der Waals surface area (Å²) in [7, 11) is 0. The van der Waals surface area contributed by atoms with Crippen molar-refractivity contribution in [3.63, 3.8) is 0 Å². The van der Waals surface area contributed by atoms with E-state index in [9.17, 15) is 9.59 Å². The van der Waals surface area contributed by atoms with Crippen molar-refractivity contribution in [2.24, 2.45) is 0 Å². The molecule has 90 valence electrons. The van der Waals surface area contributed by atoms with Crippen LogP contribution >= 0.6 is 0 Å². The third kappa shape index (κ3) is 29.2. The molecule has 0 unspecified atom stereocenters. The molecule has 0 heterocycles. The summed E-state index contributed by atoms with van der Waals surface area (Å²) in [6.45, 7) is 6.02. The van der Waals surface area contributed by atoms with Gasteiger partial charge >= 0.3 is 30.8 Å². The molecule has 0 atom stereocenters. The quantitative estimate of drug-likeness (QED) is 0.270. The van der Waals surface area contributed by atoms with Crippen LogP contribution in [0.1, 0.15) is 51.9 Å². The maximum atomic E-state index is 9.43. The molecule has 16 heavy (non-hydrogen) atoms. The fourth-order valence-corrected chi connectivity index (χ4v) is 0.910. The van der Waals surface area contributed by atoms with E-state index in [2.05, 4.69) is 13.8 Å². The molecule has 0 aliphatic carbocycles. The topological polar surface area (TPSA) is 74.6 Å². The minimum Gasteiger partial charge on any atom is -0.481 e. The van der Waals surface area contributed by atoms with Gasteiger partial charge in [0.05, 0.1) is 0 Å². The zero-order valence-electron chi connectivity index (χ0n) is 10.4. The molecule has 0 saturated carbocycles. The fraction of sp³-hybridized carbons (Fsp3) is 0.727. The molecule has 2 N–H and O–H groups in total. The maximum Gasteiger partial charge on any atom is 1.00 e. The van der Waals surface area contributed by atoms with Gasteiger partial charge in [0, 0.05) is 0 Å². The first-order valence-electron chi connectivity index (χ1n) is 5.27. The average molecular weight is 224 g/mol. The zero-order valence-corrected chi connectivity index (χ0v) is 10.4. The van der Waals surface area contributed by atoms with Crippen LogP contribution in [0.15, 0.2) is 0 Å². The summed E-state index contributed by atoms with van der Waals surface area (Å²) in [6, 6.07) is 0. The molecule has 0 aromatic rings. The van der Waals surface area contributed by atoms with Gasteiger partial charge in [0.25, 0.3) is 0 Å². The van der Waals surface area contributed by atoms with E-state index in [0.717, 1.165) is 6.42 Å². The summed E-state index contributed by atoms with van der Waals surface area (Å²) in [5.41, 5.74) is 0. The molecule has 0 spiro atoms. The number of unbranched alkanes of at least 4 members (excludes halogenated alkanes) is 5. The Labute approximate surface area is 110 Å². The van der Waals surface area contributed by atoms with Crippen LogP contribution in [0, 0.1) is 6.92 Å². The molecule has 0 aliphatic heterocycles. The second-order valence-electron chi connectivity index (χ2n) is 3.23. The number of hydrogen-bond acceptors (Lipinski definition) is 2. The molecule has 0 radical (unpaired) electrons. The Kier molecular flexibility index (Phi) is 22.1. The van der Waals surface area contributed by atoms with Crippen LogP contribution in [-0.2, 0) is 9.59 Å². The van der Waals surface area contributed by atoms with Crippen LogP contribution in [0.3, 0.4) is 0 Å². The van der Waals surface area contributed by atoms with Crippen LogP contribution in [0.25, 0.3) is 0 Å². The van der Waals surface area contributed by atoms with Crippen LogP contribution in [0.4, 0.5) is 0 Å². The van der Waals surface area contributed by atoms with Gasteiger partial charge in [-0.3, -0.25) is 9.59 Å².